The molecule has 0 radical (unpaired) electrons. The number of aromatic nitrogens is 4. The number of carbonyl (C=O) groups excluding carboxylic acids is 1. The van der Waals surface area contributed by atoms with E-state index in [1.807, 2.05) is 0 Å². The molecular formula is C24H18ClF4N7O. The van der Waals surface area contributed by atoms with Crippen molar-refractivity contribution in [2.75, 3.05) is 16.0 Å². The fourth-order valence-electron chi connectivity index (χ4n) is 3.26. The second-order valence-electron chi connectivity index (χ2n) is 7.62. The molecule has 4 rings (SSSR count). The van der Waals surface area contributed by atoms with Crippen molar-refractivity contribution in [1.82, 2.24) is 19.7 Å². The Morgan fingerprint density at radius 1 is 1.16 bits per heavy atom. The van der Waals surface area contributed by atoms with E-state index in [0.717, 1.165) is 24.3 Å². The molecule has 13 heteroatoms. The SMILES string of the molecule is [2H]C([2H])=CC(=O)Nc1ccc(F)c(Nc2nc(Nc3cn(C)nc3Cl)ncc2-c2ccc(C(F)(F)F)cc2)c1. The Morgan fingerprint density at radius 2 is 1.92 bits per heavy atom. The van der Waals surface area contributed by atoms with Crippen molar-refractivity contribution in [2.24, 2.45) is 7.05 Å². The van der Waals surface area contributed by atoms with Gasteiger partial charge in [0, 0.05) is 30.7 Å². The van der Waals surface area contributed by atoms with Crippen LogP contribution in [-0.2, 0) is 18.0 Å². The van der Waals surface area contributed by atoms with E-state index in [2.05, 4.69) is 31.0 Å². The quantitative estimate of drug-likeness (QED) is 0.190. The molecule has 0 spiro atoms. The summed E-state index contributed by atoms with van der Waals surface area (Å²) in [6.07, 6.45) is -0.896. The van der Waals surface area contributed by atoms with Crippen LogP contribution < -0.4 is 16.0 Å². The van der Waals surface area contributed by atoms with Crippen LogP contribution in [0.15, 0.2) is 67.5 Å². The van der Waals surface area contributed by atoms with E-state index < -0.39 is 30.0 Å². The molecule has 37 heavy (non-hydrogen) atoms. The van der Waals surface area contributed by atoms with Crippen LogP contribution in [0.2, 0.25) is 5.15 Å². The van der Waals surface area contributed by atoms with Gasteiger partial charge in [-0.05, 0) is 42.0 Å². The predicted octanol–water partition coefficient (Wildman–Crippen LogP) is 6.30. The highest BCUT2D eigenvalue weighted by molar-refractivity contribution is 6.32. The smallest absolute Gasteiger partial charge is 0.337 e. The van der Waals surface area contributed by atoms with Gasteiger partial charge in [0.05, 0.1) is 19.7 Å². The Kier molecular flexibility index (Phi) is 6.38. The lowest BCUT2D eigenvalue weighted by Crippen LogP contribution is -2.08. The standard InChI is InChI=1S/C24H18ClF4N7O/c1-3-20(37)31-15-8-9-17(26)18(10-15)32-22-16(13-4-6-14(7-5-13)24(27,28)29)11-30-23(34-22)33-19-12-36(2)35-21(19)25/h3-12H,1H2,2H3,(H,31,37)(H2,30,32,33,34)/i1D2. The molecule has 4 aromatic rings. The van der Waals surface area contributed by atoms with Crippen molar-refractivity contribution in [1.29, 1.82) is 0 Å². The molecule has 0 bridgehead atoms. The van der Waals surface area contributed by atoms with E-state index in [1.54, 1.807) is 13.2 Å². The zero-order chi connectivity index (χ0) is 28.3. The number of alkyl halides is 3. The van der Waals surface area contributed by atoms with Gasteiger partial charge in [0.25, 0.3) is 0 Å². The molecule has 0 aliphatic rings. The van der Waals surface area contributed by atoms with Gasteiger partial charge in [0.2, 0.25) is 11.9 Å². The molecule has 0 aliphatic heterocycles. The van der Waals surface area contributed by atoms with Gasteiger partial charge < -0.3 is 16.0 Å². The molecule has 0 saturated carbocycles. The lowest BCUT2D eigenvalue weighted by Gasteiger charge is -2.15. The third-order valence-electron chi connectivity index (χ3n) is 4.96. The van der Waals surface area contributed by atoms with Crippen LogP contribution in [0.25, 0.3) is 11.1 Å². The summed E-state index contributed by atoms with van der Waals surface area (Å²) in [6.45, 7) is -0.719. The number of amides is 1. The van der Waals surface area contributed by atoms with Gasteiger partial charge in [-0.15, -0.1) is 0 Å². The molecule has 3 N–H and O–H groups in total. The van der Waals surface area contributed by atoms with Gasteiger partial charge in [0.1, 0.15) is 11.6 Å². The van der Waals surface area contributed by atoms with E-state index in [9.17, 15) is 22.4 Å². The summed E-state index contributed by atoms with van der Waals surface area (Å²) in [7, 11) is 1.65. The van der Waals surface area contributed by atoms with E-state index in [4.69, 9.17) is 14.3 Å². The van der Waals surface area contributed by atoms with Crippen molar-refractivity contribution in [3.05, 3.63) is 84.0 Å². The zero-order valence-corrected chi connectivity index (χ0v) is 19.6. The predicted molar refractivity (Wildman–Crippen MR) is 132 cm³/mol. The minimum atomic E-state index is -4.53. The molecular weight excluding hydrogens is 514 g/mol. The monoisotopic (exact) mass is 533 g/mol. The topological polar surface area (TPSA) is 96.8 Å². The van der Waals surface area contributed by atoms with Gasteiger partial charge in [-0.2, -0.15) is 23.3 Å². The van der Waals surface area contributed by atoms with Gasteiger partial charge >= 0.3 is 6.18 Å². The summed E-state index contributed by atoms with van der Waals surface area (Å²) in [4.78, 5) is 20.5. The van der Waals surface area contributed by atoms with Crippen LogP contribution in [0.4, 0.5) is 46.4 Å². The summed E-state index contributed by atoms with van der Waals surface area (Å²) in [5, 5.41) is 12.2. The highest BCUT2D eigenvalue weighted by atomic mass is 35.5. The fraction of sp³-hybridized carbons (Fsp3) is 0.0833. The molecule has 2 aromatic heterocycles. The number of hydrogen-bond acceptors (Lipinski definition) is 6. The summed E-state index contributed by atoms with van der Waals surface area (Å²) in [5.74, 6) is -1.45. The number of halogens is 5. The third kappa shape index (κ3) is 6.04. The first-order valence-electron chi connectivity index (χ1n) is 11.4. The first-order valence-corrected chi connectivity index (χ1v) is 10.8. The minimum Gasteiger partial charge on any atom is -0.337 e. The first kappa shape index (κ1) is 23.0. The van der Waals surface area contributed by atoms with Crippen molar-refractivity contribution < 1.29 is 25.1 Å². The van der Waals surface area contributed by atoms with Gasteiger partial charge in [-0.25, -0.2) is 9.37 Å². The van der Waals surface area contributed by atoms with Gasteiger partial charge in [-0.1, -0.05) is 30.3 Å². The molecule has 0 unspecified atom stereocenters. The Balaban J connectivity index is 1.73. The number of aryl methyl sites for hydroxylation is 1. The van der Waals surface area contributed by atoms with Crippen molar-refractivity contribution in [3.8, 4) is 11.1 Å². The molecule has 0 aliphatic carbocycles. The lowest BCUT2D eigenvalue weighted by atomic mass is 10.1. The highest BCUT2D eigenvalue weighted by Crippen LogP contribution is 2.35. The Labute approximate surface area is 215 Å². The number of benzene rings is 2. The molecule has 0 fully saturated rings. The van der Waals surface area contributed by atoms with Gasteiger partial charge in [-0.3, -0.25) is 9.48 Å². The number of hydrogen-bond donors (Lipinski definition) is 3. The second kappa shape index (κ2) is 10.3. The number of rotatable bonds is 7. The van der Waals surface area contributed by atoms with E-state index in [0.29, 0.717) is 11.3 Å². The molecule has 190 valence electrons. The van der Waals surface area contributed by atoms with Crippen molar-refractivity contribution >= 4 is 46.3 Å². The van der Waals surface area contributed by atoms with Crippen LogP contribution in [0.3, 0.4) is 0 Å². The van der Waals surface area contributed by atoms with Gasteiger partial charge in [0.15, 0.2) is 5.15 Å². The number of nitrogens with zero attached hydrogens (tertiary/aromatic N) is 4. The molecule has 2 heterocycles. The maximum absolute atomic E-state index is 14.8. The number of anilines is 5. The summed E-state index contributed by atoms with van der Waals surface area (Å²) < 4.78 is 69.5. The average molecular weight is 534 g/mol. The Bertz CT molecular complexity index is 1560. The summed E-state index contributed by atoms with van der Waals surface area (Å²) in [6, 6.07) is 7.85. The first-order chi connectivity index (χ1) is 18.4. The van der Waals surface area contributed by atoms with Crippen molar-refractivity contribution in [2.45, 2.75) is 6.18 Å². The zero-order valence-electron chi connectivity index (χ0n) is 20.9. The fourth-order valence-corrected chi connectivity index (χ4v) is 3.47. The highest BCUT2D eigenvalue weighted by Gasteiger charge is 2.30. The van der Waals surface area contributed by atoms with Crippen molar-refractivity contribution in [3.63, 3.8) is 0 Å². The maximum Gasteiger partial charge on any atom is 0.416 e. The van der Waals surface area contributed by atoms with E-state index in [1.165, 1.54) is 35.1 Å². The third-order valence-corrected chi connectivity index (χ3v) is 5.24. The Morgan fingerprint density at radius 3 is 2.57 bits per heavy atom. The van der Waals surface area contributed by atoms with Crippen LogP contribution in [0.1, 0.15) is 8.30 Å². The molecule has 1 amide bonds. The van der Waals surface area contributed by atoms with Crippen LogP contribution >= 0.6 is 11.6 Å². The molecule has 8 nitrogen and oxygen atoms in total. The second-order valence-corrected chi connectivity index (χ2v) is 7.97. The molecule has 0 atom stereocenters. The van der Waals surface area contributed by atoms with Crippen LogP contribution in [-0.4, -0.2) is 25.7 Å². The summed E-state index contributed by atoms with van der Waals surface area (Å²) in [5.41, 5.74) is 0.0944. The summed E-state index contributed by atoms with van der Waals surface area (Å²) >= 11 is 6.09. The van der Waals surface area contributed by atoms with E-state index >= 15 is 0 Å². The average Bonchev–Trinajstić information content (AvgIpc) is 3.16. The number of nitrogens with one attached hydrogen (secondary N) is 3. The Hall–Kier alpha value is -4.45. The molecule has 2 aromatic carbocycles. The number of carbonyl (C=O) groups is 1. The van der Waals surface area contributed by atoms with E-state index in [-0.39, 0.29) is 33.9 Å². The maximum atomic E-state index is 14.8. The van der Waals surface area contributed by atoms with Crippen LogP contribution in [0.5, 0.6) is 0 Å². The lowest BCUT2D eigenvalue weighted by molar-refractivity contribution is -0.137. The van der Waals surface area contributed by atoms with Crippen LogP contribution in [0, 0.1) is 5.82 Å². The molecule has 0 saturated heterocycles. The minimum absolute atomic E-state index is 0.0224. The normalized spacial score (nSPS) is 11.8. The largest absolute Gasteiger partial charge is 0.416 e.